The lowest BCUT2D eigenvalue weighted by atomic mass is 10.1. The molecule has 0 radical (unpaired) electrons. The van der Waals surface area contributed by atoms with Gasteiger partial charge in [-0.25, -0.2) is 9.78 Å². The largest absolute Gasteiger partial charge is 0.465 e. The minimum Gasteiger partial charge on any atom is -0.465 e. The highest BCUT2D eigenvalue weighted by molar-refractivity contribution is 7.99. The van der Waals surface area contributed by atoms with E-state index in [2.05, 4.69) is 4.98 Å². The molecule has 0 bridgehead atoms. The number of nitrogens with zero attached hydrogens (tertiary/aromatic N) is 3. The molecule has 1 heterocycles. The third-order valence-electron chi connectivity index (χ3n) is 5.16. The zero-order valence-electron chi connectivity index (χ0n) is 19.4. The molecule has 3 rings (SSSR count). The lowest BCUT2D eigenvalue weighted by molar-refractivity contribution is -0.128. The van der Waals surface area contributed by atoms with Crippen LogP contribution in [-0.4, -0.2) is 45.7 Å². The number of rotatable bonds is 9. The molecule has 33 heavy (non-hydrogen) atoms. The van der Waals surface area contributed by atoms with E-state index in [9.17, 15) is 14.4 Å². The predicted molar refractivity (Wildman–Crippen MR) is 130 cm³/mol. The van der Waals surface area contributed by atoms with E-state index in [1.54, 1.807) is 27.7 Å². The molecule has 8 heteroatoms. The second-order valence-electron chi connectivity index (χ2n) is 8.11. The van der Waals surface area contributed by atoms with Gasteiger partial charge in [0.25, 0.3) is 5.56 Å². The monoisotopic (exact) mass is 467 g/mol. The first-order valence-corrected chi connectivity index (χ1v) is 11.9. The van der Waals surface area contributed by atoms with Crippen molar-refractivity contribution >= 4 is 34.5 Å². The Morgan fingerprint density at radius 2 is 1.88 bits per heavy atom. The predicted octanol–water partition coefficient (Wildman–Crippen LogP) is 3.98. The van der Waals surface area contributed by atoms with E-state index < -0.39 is 5.97 Å². The van der Waals surface area contributed by atoms with Crippen molar-refractivity contribution in [1.82, 2.24) is 14.5 Å². The van der Waals surface area contributed by atoms with Crippen molar-refractivity contribution in [2.45, 2.75) is 39.0 Å². The lowest BCUT2D eigenvalue weighted by Crippen LogP contribution is -2.32. The van der Waals surface area contributed by atoms with Crippen LogP contribution >= 0.6 is 11.8 Å². The average Bonchev–Trinajstić information content (AvgIpc) is 2.82. The topological polar surface area (TPSA) is 81.5 Å². The summed E-state index contributed by atoms with van der Waals surface area (Å²) in [6.45, 7) is 7.59. The standard InChI is InChI=1S/C25H29N3O4S/c1-5-27(15-18-9-7-6-8-10-18)22(29)16-33-25-26-21-13-19(24(31)32-4)11-12-20(21)23(30)28(25)14-17(2)3/h6-13,17H,5,14-16H2,1-4H3. The first-order chi connectivity index (χ1) is 15.8. The minimum atomic E-state index is -0.492. The second-order valence-corrected chi connectivity index (χ2v) is 9.05. The molecule has 7 nitrogen and oxygen atoms in total. The highest BCUT2D eigenvalue weighted by atomic mass is 32.2. The SMILES string of the molecule is CCN(Cc1ccccc1)C(=O)CSc1nc2cc(C(=O)OC)ccc2c(=O)n1CC(C)C. The fourth-order valence-corrected chi connectivity index (χ4v) is 4.39. The number of carbonyl (C=O) groups is 2. The highest BCUT2D eigenvalue weighted by Crippen LogP contribution is 2.21. The van der Waals surface area contributed by atoms with Crippen LogP contribution in [0.3, 0.4) is 0 Å². The molecule has 1 amide bonds. The Morgan fingerprint density at radius 1 is 1.15 bits per heavy atom. The van der Waals surface area contributed by atoms with Gasteiger partial charge in [0.2, 0.25) is 5.91 Å². The number of hydrogen-bond donors (Lipinski definition) is 0. The lowest BCUT2D eigenvalue weighted by Gasteiger charge is -2.21. The molecule has 2 aromatic carbocycles. The minimum absolute atomic E-state index is 0.0277. The zero-order chi connectivity index (χ0) is 24.0. The Kier molecular flexibility index (Phi) is 8.27. The molecule has 174 valence electrons. The van der Waals surface area contributed by atoms with Crippen LogP contribution in [0.1, 0.15) is 36.7 Å². The van der Waals surface area contributed by atoms with Crippen molar-refractivity contribution in [2.75, 3.05) is 19.4 Å². The van der Waals surface area contributed by atoms with Crippen LogP contribution in [0.5, 0.6) is 0 Å². The summed E-state index contributed by atoms with van der Waals surface area (Å²) >= 11 is 1.24. The molecule has 0 aliphatic heterocycles. The second kappa shape index (κ2) is 11.1. The first-order valence-electron chi connectivity index (χ1n) is 10.9. The molecular weight excluding hydrogens is 438 g/mol. The van der Waals surface area contributed by atoms with Gasteiger partial charge in [-0.3, -0.25) is 14.2 Å². The van der Waals surface area contributed by atoms with Crippen molar-refractivity contribution in [1.29, 1.82) is 0 Å². The number of esters is 1. The van der Waals surface area contributed by atoms with Crippen LogP contribution in [0.15, 0.2) is 58.5 Å². The summed E-state index contributed by atoms with van der Waals surface area (Å²) in [7, 11) is 1.31. The molecule has 0 N–H and O–H groups in total. The Morgan fingerprint density at radius 3 is 2.52 bits per heavy atom. The summed E-state index contributed by atoms with van der Waals surface area (Å²) in [6, 6.07) is 14.6. The van der Waals surface area contributed by atoms with Gasteiger partial charge in [0, 0.05) is 19.6 Å². The van der Waals surface area contributed by atoms with Crippen molar-refractivity contribution in [2.24, 2.45) is 5.92 Å². The van der Waals surface area contributed by atoms with Gasteiger partial charge in [-0.15, -0.1) is 0 Å². The summed E-state index contributed by atoms with van der Waals surface area (Å²) in [6.07, 6.45) is 0. The number of benzene rings is 2. The summed E-state index contributed by atoms with van der Waals surface area (Å²) in [5.41, 5.74) is 1.62. The molecule has 0 aliphatic carbocycles. The summed E-state index contributed by atoms with van der Waals surface area (Å²) < 4.78 is 6.40. The van der Waals surface area contributed by atoms with Crippen LogP contribution in [0, 0.1) is 5.92 Å². The highest BCUT2D eigenvalue weighted by Gasteiger charge is 2.18. The van der Waals surface area contributed by atoms with E-state index in [0.717, 1.165) is 5.56 Å². The molecule has 0 spiro atoms. The maximum absolute atomic E-state index is 13.2. The third-order valence-corrected chi connectivity index (χ3v) is 6.13. The molecular formula is C25H29N3O4S. The molecule has 0 saturated heterocycles. The molecule has 0 atom stereocenters. The summed E-state index contributed by atoms with van der Waals surface area (Å²) in [4.78, 5) is 44.5. The normalized spacial score (nSPS) is 11.1. The van der Waals surface area contributed by atoms with Crippen molar-refractivity contribution in [3.63, 3.8) is 0 Å². The van der Waals surface area contributed by atoms with E-state index in [0.29, 0.717) is 41.3 Å². The first kappa shape index (κ1) is 24.5. The quantitative estimate of drug-likeness (QED) is 0.269. The van der Waals surface area contributed by atoms with Crippen molar-refractivity contribution < 1.29 is 14.3 Å². The molecule has 0 unspecified atom stereocenters. The maximum atomic E-state index is 13.2. The van der Waals surface area contributed by atoms with Crippen LogP contribution in [-0.2, 0) is 22.6 Å². The number of hydrogen-bond acceptors (Lipinski definition) is 6. The van der Waals surface area contributed by atoms with Crippen molar-refractivity contribution in [3.8, 4) is 0 Å². The molecule has 0 aliphatic rings. The molecule has 3 aromatic rings. The van der Waals surface area contributed by atoms with Gasteiger partial charge in [0.05, 0.1) is 29.3 Å². The Hall–Kier alpha value is -3.13. The van der Waals surface area contributed by atoms with E-state index in [1.807, 2.05) is 51.1 Å². The van der Waals surface area contributed by atoms with Crippen LogP contribution in [0.2, 0.25) is 0 Å². The van der Waals surface area contributed by atoms with Crippen LogP contribution in [0.25, 0.3) is 10.9 Å². The number of aromatic nitrogens is 2. The molecule has 0 saturated carbocycles. The maximum Gasteiger partial charge on any atom is 0.337 e. The van der Waals surface area contributed by atoms with E-state index in [-0.39, 0.29) is 23.1 Å². The smallest absolute Gasteiger partial charge is 0.337 e. The Bertz CT molecular complexity index is 1190. The zero-order valence-corrected chi connectivity index (χ0v) is 20.2. The van der Waals surface area contributed by atoms with E-state index in [4.69, 9.17) is 4.74 Å². The third kappa shape index (κ3) is 6.01. The van der Waals surface area contributed by atoms with Crippen LogP contribution < -0.4 is 5.56 Å². The van der Waals surface area contributed by atoms with Crippen molar-refractivity contribution in [3.05, 3.63) is 70.0 Å². The number of amides is 1. The van der Waals surface area contributed by atoms with Gasteiger partial charge in [0.15, 0.2) is 5.16 Å². The van der Waals surface area contributed by atoms with E-state index >= 15 is 0 Å². The number of fused-ring (bicyclic) bond motifs is 1. The van der Waals surface area contributed by atoms with E-state index in [1.165, 1.54) is 18.9 Å². The average molecular weight is 468 g/mol. The summed E-state index contributed by atoms with van der Waals surface area (Å²) in [5.74, 6) is -0.140. The van der Waals surface area contributed by atoms with Gasteiger partial charge in [-0.05, 0) is 36.6 Å². The van der Waals surface area contributed by atoms with Gasteiger partial charge in [-0.1, -0.05) is 55.9 Å². The van der Waals surface area contributed by atoms with Gasteiger partial charge < -0.3 is 9.64 Å². The Balaban J connectivity index is 1.90. The van der Waals surface area contributed by atoms with Gasteiger partial charge in [-0.2, -0.15) is 0 Å². The van der Waals surface area contributed by atoms with Gasteiger partial charge >= 0.3 is 5.97 Å². The Labute approximate surface area is 197 Å². The fraction of sp³-hybridized carbons (Fsp3) is 0.360. The summed E-state index contributed by atoms with van der Waals surface area (Å²) in [5, 5.41) is 0.894. The number of methoxy groups -OCH3 is 1. The van der Waals surface area contributed by atoms with Gasteiger partial charge in [0.1, 0.15) is 0 Å². The number of carbonyl (C=O) groups excluding carboxylic acids is 2. The number of ether oxygens (including phenoxy) is 1. The number of thioether (sulfide) groups is 1. The van der Waals surface area contributed by atoms with Crippen LogP contribution in [0.4, 0.5) is 0 Å². The fourth-order valence-electron chi connectivity index (χ4n) is 3.48. The molecule has 0 fully saturated rings. The molecule has 1 aromatic heterocycles.